The molecule has 0 N–H and O–H groups in total. The van der Waals surface area contributed by atoms with Crippen molar-refractivity contribution in [2.75, 3.05) is 6.61 Å². The zero-order chi connectivity index (χ0) is 18.4. The van der Waals surface area contributed by atoms with Gasteiger partial charge in [0.1, 0.15) is 5.41 Å². The topological polar surface area (TPSA) is 35.5 Å². The third-order valence-electron chi connectivity index (χ3n) is 5.08. The van der Waals surface area contributed by atoms with Crippen LogP contribution in [-0.2, 0) is 26.3 Å². The molecule has 2 unspecified atom stereocenters. The summed E-state index contributed by atoms with van der Waals surface area (Å²) in [6.45, 7) is 5.07. The van der Waals surface area contributed by atoms with Crippen molar-refractivity contribution in [3.8, 4) is 0 Å². The van der Waals surface area contributed by atoms with E-state index >= 15 is 0 Å². The molecular formula is C23H28O3. The van der Waals surface area contributed by atoms with Crippen LogP contribution in [0, 0.1) is 5.92 Å². The fraction of sp³-hybridized carbons (Fsp3) is 0.435. The Morgan fingerprint density at radius 3 is 2.38 bits per heavy atom. The van der Waals surface area contributed by atoms with Gasteiger partial charge in [0.2, 0.25) is 0 Å². The van der Waals surface area contributed by atoms with Crippen LogP contribution in [0.25, 0.3) is 0 Å². The van der Waals surface area contributed by atoms with Gasteiger partial charge in [-0.3, -0.25) is 4.79 Å². The molecule has 26 heavy (non-hydrogen) atoms. The highest BCUT2D eigenvalue weighted by Gasteiger charge is 2.52. The molecule has 3 heteroatoms. The maximum absolute atomic E-state index is 13.2. The number of hydrogen-bond donors (Lipinski definition) is 0. The normalized spacial score (nSPS) is 22.5. The number of hydrogen-bond acceptors (Lipinski definition) is 3. The highest BCUT2D eigenvalue weighted by atomic mass is 16.5. The molecule has 2 atom stereocenters. The third-order valence-corrected chi connectivity index (χ3v) is 5.08. The summed E-state index contributed by atoms with van der Waals surface area (Å²) in [5.74, 6) is 0.171. The molecule has 0 aromatic heterocycles. The molecular weight excluding hydrogens is 324 g/mol. The highest BCUT2D eigenvalue weighted by Crippen LogP contribution is 2.44. The summed E-state index contributed by atoms with van der Waals surface area (Å²) < 4.78 is 12.0. The van der Waals surface area contributed by atoms with Crippen LogP contribution in [0.3, 0.4) is 0 Å². The molecule has 0 aliphatic heterocycles. The van der Waals surface area contributed by atoms with Crippen LogP contribution in [0.1, 0.15) is 44.2 Å². The van der Waals surface area contributed by atoms with Crippen LogP contribution in [0.15, 0.2) is 60.7 Å². The average Bonchev–Trinajstić information content (AvgIpc) is 3.11. The Hall–Kier alpha value is -2.13. The molecule has 0 bridgehead atoms. The van der Waals surface area contributed by atoms with Crippen LogP contribution in [-0.4, -0.2) is 18.7 Å². The van der Waals surface area contributed by atoms with Crippen molar-refractivity contribution in [3.63, 3.8) is 0 Å². The zero-order valence-corrected chi connectivity index (χ0v) is 15.7. The van der Waals surface area contributed by atoms with Crippen LogP contribution < -0.4 is 0 Å². The van der Waals surface area contributed by atoms with Gasteiger partial charge in [0.15, 0.2) is 0 Å². The van der Waals surface area contributed by atoms with E-state index in [1.165, 1.54) is 0 Å². The van der Waals surface area contributed by atoms with Gasteiger partial charge in [-0.2, -0.15) is 0 Å². The Kier molecular flexibility index (Phi) is 6.10. The number of ether oxygens (including phenoxy) is 2. The van der Waals surface area contributed by atoms with Gasteiger partial charge < -0.3 is 9.47 Å². The molecule has 3 nitrogen and oxygen atoms in total. The lowest BCUT2D eigenvalue weighted by molar-refractivity contribution is -0.158. The maximum atomic E-state index is 13.2. The molecule has 0 saturated heterocycles. The second kappa shape index (κ2) is 8.50. The second-order valence-corrected chi connectivity index (χ2v) is 7.51. The smallest absolute Gasteiger partial charge is 0.319 e. The summed E-state index contributed by atoms with van der Waals surface area (Å²) in [4.78, 5) is 13.2. The van der Waals surface area contributed by atoms with E-state index in [4.69, 9.17) is 9.47 Å². The lowest BCUT2D eigenvalue weighted by Gasteiger charge is -2.34. The maximum Gasteiger partial charge on any atom is 0.319 e. The van der Waals surface area contributed by atoms with Crippen molar-refractivity contribution in [2.24, 2.45) is 5.92 Å². The van der Waals surface area contributed by atoms with Crippen molar-refractivity contribution >= 4 is 5.97 Å². The summed E-state index contributed by atoms with van der Waals surface area (Å²) in [7, 11) is 0. The molecule has 0 spiro atoms. The van der Waals surface area contributed by atoms with Gasteiger partial charge in [-0.1, -0.05) is 74.5 Å². The Bertz CT molecular complexity index is 696. The molecule has 1 aliphatic rings. The minimum absolute atomic E-state index is 0.145. The van der Waals surface area contributed by atoms with Crippen molar-refractivity contribution in [2.45, 2.75) is 51.2 Å². The molecule has 2 aromatic carbocycles. The largest absolute Gasteiger partial charge is 0.465 e. The van der Waals surface area contributed by atoms with Crippen molar-refractivity contribution in [3.05, 3.63) is 71.8 Å². The molecule has 1 fully saturated rings. The number of rotatable bonds is 7. The van der Waals surface area contributed by atoms with Gasteiger partial charge in [0.25, 0.3) is 0 Å². The fourth-order valence-electron chi connectivity index (χ4n) is 3.76. The van der Waals surface area contributed by atoms with Crippen molar-refractivity contribution in [1.82, 2.24) is 0 Å². The summed E-state index contributed by atoms with van der Waals surface area (Å²) in [6, 6.07) is 20.1. The lowest BCUT2D eigenvalue weighted by Crippen LogP contribution is -2.45. The van der Waals surface area contributed by atoms with Gasteiger partial charge in [0.05, 0.1) is 19.3 Å². The second-order valence-electron chi connectivity index (χ2n) is 7.51. The van der Waals surface area contributed by atoms with Crippen LogP contribution >= 0.6 is 0 Å². The van der Waals surface area contributed by atoms with Gasteiger partial charge in [-0.05, 0) is 36.3 Å². The first-order valence-electron chi connectivity index (χ1n) is 9.51. The first kappa shape index (κ1) is 18.7. The molecule has 3 rings (SSSR count). The third kappa shape index (κ3) is 3.99. The van der Waals surface area contributed by atoms with E-state index in [2.05, 4.69) is 26.0 Å². The van der Waals surface area contributed by atoms with E-state index in [1.54, 1.807) is 0 Å². The quantitative estimate of drug-likeness (QED) is 0.665. The van der Waals surface area contributed by atoms with Gasteiger partial charge in [-0.25, -0.2) is 0 Å². The van der Waals surface area contributed by atoms with E-state index < -0.39 is 5.41 Å². The lowest BCUT2D eigenvalue weighted by atomic mass is 9.77. The van der Waals surface area contributed by atoms with E-state index in [0.29, 0.717) is 19.1 Å². The molecule has 138 valence electrons. The van der Waals surface area contributed by atoms with E-state index in [9.17, 15) is 4.79 Å². The number of benzene rings is 2. The standard InChI is InChI=1S/C23H28O3/c1-18(2)16-26-22(24)23(20-12-7-4-8-13-20)15-9-14-21(23)25-17-19-10-5-3-6-11-19/h3-8,10-13,18,21H,9,14-17H2,1-2H3. The van der Waals surface area contributed by atoms with Crippen LogP contribution in [0.5, 0.6) is 0 Å². The SMILES string of the molecule is CC(C)COC(=O)C1(c2ccccc2)CCCC1OCc1ccccc1. The van der Waals surface area contributed by atoms with Gasteiger partial charge >= 0.3 is 5.97 Å². The predicted octanol–water partition coefficient (Wildman–Crippen LogP) is 4.89. The van der Waals surface area contributed by atoms with E-state index in [0.717, 1.165) is 30.4 Å². The Morgan fingerprint density at radius 1 is 1.08 bits per heavy atom. The molecule has 2 aromatic rings. The summed E-state index contributed by atoms with van der Waals surface area (Å²) in [5.41, 5.74) is 1.42. The number of carbonyl (C=O) groups is 1. The van der Waals surface area contributed by atoms with Crippen molar-refractivity contribution in [1.29, 1.82) is 0 Å². The van der Waals surface area contributed by atoms with E-state index in [-0.39, 0.29) is 12.1 Å². The summed E-state index contributed by atoms with van der Waals surface area (Å²) >= 11 is 0. The summed E-state index contributed by atoms with van der Waals surface area (Å²) in [6.07, 6.45) is 2.45. The average molecular weight is 352 g/mol. The molecule has 1 saturated carbocycles. The molecule has 0 radical (unpaired) electrons. The first-order valence-corrected chi connectivity index (χ1v) is 9.51. The molecule has 0 heterocycles. The van der Waals surface area contributed by atoms with Crippen molar-refractivity contribution < 1.29 is 14.3 Å². The Balaban J connectivity index is 1.85. The molecule has 1 aliphatic carbocycles. The predicted molar refractivity (Wildman–Crippen MR) is 103 cm³/mol. The van der Waals surface area contributed by atoms with Crippen LogP contribution in [0.4, 0.5) is 0 Å². The van der Waals surface area contributed by atoms with Gasteiger partial charge in [-0.15, -0.1) is 0 Å². The monoisotopic (exact) mass is 352 g/mol. The minimum Gasteiger partial charge on any atom is -0.465 e. The van der Waals surface area contributed by atoms with E-state index in [1.807, 2.05) is 48.5 Å². The Morgan fingerprint density at radius 2 is 1.73 bits per heavy atom. The number of carbonyl (C=O) groups excluding carboxylic acids is 1. The van der Waals surface area contributed by atoms with Gasteiger partial charge in [0, 0.05) is 0 Å². The fourth-order valence-corrected chi connectivity index (χ4v) is 3.76. The molecule has 0 amide bonds. The summed E-state index contributed by atoms with van der Waals surface area (Å²) in [5, 5.41) is 0. The highest BCUT2D eigenvalue weighted by molar-refractivity contribution is 5.84. The number of esters is 1. The minimum atomic E-state index is -0.703. The Labute approximate surface area is 156 Å². The first-order chi connectivity index (χ1) is 12.6. The van der Waals surface area contributed by atoms with Crippen LogP contribution in [0.2, 0.25) is 0 Å². The zero-order valence-electron chi connectivity index (χ0n) is 15.7.